The average molecular weight is 222 g/mol. The molecular formula is C13H22N2O. The Labute approximate surface area is 97.9 Å². The summed E-state index contributed by atoms with van der Waals surface area (Å²) in [6.07, 6.45) is 3.24. The highest BCUT2D eigenvalue weighted by Crippen LogP contribution is 2.17. The van der Waals surface area contributed by atoms with E-state index in [-0.39, 0.29) is 0 Å². The third-order valence-electron chi connectivity index (χ3n) is 2.63. The minimum atomic E-state index is 0.514. The lowest BCUT2D eigenvalue weighted by Gasteiger charge is -2.10. The van der Waals surface area contributed by atoms with Gasteiger partial charge in [0.05, 0.1) is 5.69 Å². The first-order valence-electron chi connectivity index (χ1n) is 5.90. The van der Waals surface area contributed by atoms with E-state index in [0.29, 0.717) is 6.04 Å². The van der Waals surface area contributed by atoms with Gasteiger partial charge < -0.3 is 9.84 Å². The van der Waals surface area contributed by atoms with Crippen molar-refractivity contribution in [3.05, 3.63) is 22.6 Å². The van der Waals surface area contributed by atoms with Gasteiger partial charge >= 0.3 is 0 Å². The summed E-state index contributed by atoms with van der Waals surface area (Å²) in [6, 6.07) is 0.514. The number of nitrogens with one attached hydrogen (secondary N) is 1. The molecule has 1 aromatic rings. The SMILES string of the molecule is CCC(=Cc1c(C)noc1C)CNC(C)C. The van der Waals surface area contributed by atoms with Gasteiger partial charge in [0.15, 0.2) is 0 Å². The van der Waals surface area contributed by atoms with E-state index in [9.17, 15) is 0 Å². The van der Waals surface area contributed by atoms with E-state index in [0.717, 1.165) is 30.0 Å². The zero-order chi connectivity index (χ0) is 12.1. The minimum absolute atomic E-state index is 0.514. The van der Waals surface area contributed by atoms with Gasteiger partial charge in [-0.3, -0.25) is 0 Å². The predicted octanol–water partition coefficient (Wildman–Crippen LogP) is 3.08. The molecule has 0 atom stereocenters. The first kappa shape index (κ1) is 13.0. The van der Waals surface area contributed by atoms with Crippen molar-refractivity contribution in [2.75, 3.05) is 6.54 Å². The maximum absolute atomic E-state index is 5.15. The monoisotopic (exact) mass is 222 g/mol. The molecule has 3 nitrogen and oxygen atoms in total. The molecule has 90 valence electrons. The van der Waals surface area contributed by atoms with Crippen LogP contribution in [0.1, 0.15) is 44.2 Å². The lowest BCUT2D eigenvalue weighted by Crippen LogP contribution is -2.24. The molecule has 0 saturated carbocycles. The van der Waals surface area contributed by atoms with Crippen molar-refractivity contribution >= 4 is 6.08 Å². The van der Waals surface area contributed by atoms with Crippen LogP contribution in [0.5, 0.6) is 0 Å². The third kappa shape index (κ3) is 3.49. The molecule has 0 aliphatic heterocycles. The van der Waals surface area contributed by atoms with Gasteiger partial charge in [0.25, 0.3) is 0 Å². The van der Waals surface area contributed by atoms with Crippen LogP contribution in [0, 0.1) is 13.8 Å². The second-order valence-electron chi connectivity index (χ2n) is 4.43. The first-order valence-corrected chi connectivity index (χ1v) is 5.90. The van der Waals surface area contributed by atoms with Crippen LogP contribution in [0.15, 0.2) is 10.1 Å². The zero-order valence-corrected chi connectivity index (χ0v) is 10.9. The maximum Gasteiger partial charge on any atom is 0.141 e. The van der Waals surface area contributed by atoms with Gasteiger partial charge in [-0.2, -0.15) is 0 Å². The van der Waals surface area contributed by atoms with Crippen LogP contribution >= 0.6 is 0 Å². The van der Waals surface area contributed by atoms with Crippen molar-refractivity contribution in [1.29, 1.82) is 0 Å². The van der Waals surface area contributed by atoms with E-state index in [1.54, 1.807) is 0 Å². The van der Waals surface area contributed by atoms with Crippen LogP contribution in [0.3, 0.4) is 0 Å². The normalized spacial score (nSPS) is 12.5. The van der Waals surface area contributed by atoms with E-state index in [2.05, 4.69) is 37.3 Å². The molecule has 0 aliphatic rings. The molecule has 0 fully saturated rings. The largest absolute Gasteiger partial charge is 0.361 e. The summed E-state index contributed by atoms with van der Waals surface area (Å²) in [6.45, 7) is 11.3. The van der Waals surface area contributed by atoms with E-state index in [1.807, 2.05) is 13.8 Å². The van der Waals surface area contributed by atoms with Crippen LogP contribution < -0.4 is 5.32 Å². The topological polar surface area (TPSA) is 38.1 Å². The van der Waals surface area contributed by atoms with Gasteiger partial charge in [-0.1, -0.05) is 31.5 Å². The number of nitrogens with zero attached hydrogens (tertiary/aromatic N) is 1. The number of hydrogen-bond acceptors (Lipinski definition) is 3. The highest BCUT2D eigenvalue weighted by Gasteiger charge is 2.07. The Kier molecular flexibility index (Phi) is 4.74. The average Bonchev–Trinajstić information content (AvgIpc) is 2.54. The van der Waals surface area contributed by atoms with Crippen LogP contribution in [-0.4, -0.2) is 17.7 Å². The van der Waals surface area contributed by atoms with Crippen molar-refractivity contribution < 1.29 is 4.52 Å². The fraction of sp³-hybridized carbons (Fsp3) is 0.615. The smallest absolute Gasteiger partial charge is 0.141 e. The summed E-state index contributed by atoms with van der Waals surface area (Å²) in [5.74, 6) is 0.896. The molecule has 0 saturated heterocycles. The minimum Gasteiger partial charge on any atom is -0.361 e. The second kappa shape index (κ2) is 5.85. The van der Waals surface area contributed by atoms with Gasteiger partial charge in [0.1, 0.15) is 5.76 Å². The highest BCUT2D eigenvalue weighted by atomic mass is 16.5. The molecule has 0 spiro atoms. The molecule has 3 heteroatoms. The molecule has 16 heavy (non-hydrogen) atoms. The summed E-state index contributed by atoms with van der Waals surface area (Å²) in [5.41, 5.74) is 3.47. The Morgan fingerprint density at radius 3 is 2.56 bits per heavy atom. The summed E-state index contributed by atoms with van der Waals surface area (Å²) in [7, 11) is 0. The molecule has 1 rings (SSSR count). The fourth-order valence-corrected chi connectivity index (χ4v) is 1.51. The summed E-state index contributed by atoms with van der Waals surface area (Å²) in [5, 5.41) is 7.39. The van der Waals surface area contributed by atoms with Crippen molar-refractivity contribution in [2.45, 2.75) is 47.1 Å². The maximum atomic E-state index is 5.15. The van der Waals surface area contributed by atoms with Gasteiger partial charge in [-0.05, 0) is 26.3 Å². The number of aryl methyl sites for hydroxylation is 2. The Hall–Kier alpha value is -1.09. The van der Waals surface area contributed by atoms with E-state index in [1.165, 1.54) is 5.57 Å². The van der Waals surface area contributed by atoms with Crippen molar-refractivity contribution in [2.24, 2.45) is 0 Å². The molecular weight excluding hydrogens is 200 g/mol. The Morgan fingerprint density at radius 1 is 1.44 bits per heavy atom. The van der Waals surface area contributed by atoms with E-state index in [4.69, 9.17) is 4.52 Å². The van der Waals surface area contributed by atoms with Gasteiger partial charge in [-0.25, -0.2) is 0 Å². The molecule has 0 aliphatic carbocycles. The molecule has 1 heterocycles. The molecule has 0 amide bonds. The van der Waals surface area contributed by atoms with E-state index >= 15 is 0 Å². The Balaban J connectivity index is 2.79. The van der Waals surface area contributed by atoms with Crippen LogP contribution in [0.2, 0.25) is 0 Å². The number of rotatable bonds is 5. The zero-order valence-electron chi connectivity index (χ0n) is 10.9. The Morgan fingerprint density at radius 2 is 2.12 bits per heavy atom. The second-order valence-corrected chi connectivity index (χ2v) is 4.43. The van der Waals surface area contributed by atoms with E-state index < -0.39 is 0 Å². The Bertz CT molecular complexity index is 345. The first-order chi connectivity index (χ1) is 7.54. The molecule has 0 bridgehead atoms. The summed E-state index contributed by atoms with van der Waals surface area (Å²) in [4.78, 5) is 0. The molecule has 1 N–H and O–H groups in total. The molecule has 0 aromatic carbocycles. The molecule has 1 aromatic heterocycles. The van der Waals surface area contributed by atoms with Gasteiger partial charge in [0, 0.05) is 18.2 Å². The molecule has 0 radical (unpaired) electrons. The summed E-state index contributed by atoms with van der Waals surface area (Å²) >= 11 is 0. The fourth-order valence-electron chi connectivity index (χ4n) is 1.51. The van der Waals surface area contributed by atoms with Crippen molar-refractivity contribution in [1.82, 2.24) is 10.5 Å². The lowest BCUT2D eigenvalue weighted by atomic mass is 10.1. The van der Waals surface area contributed by atoms with Crippen LogP contribution in [-0.2, 0) is 0 Å². The van der Waals surface area contributed by atoms with Gasteiger partial charge in [-0.15, -0.1) is 0 Å². The molecule has 0 unspecified atom stereocenters. The number of aromatic nitrogens is 1. The number of hydrogen-bond donors (Lipinski definition) is 1. The van der Waals surface area contributed by atoms with Crippen LogP contribution in [0.25, 0.3) is 6.08 Å². The third-order valence-corrected chi connectivity index (χ3v) is 2.63. The van der Waals surface area contributed by atoms with Crippen molar-refractivity contribution in [3.63, 3.8) is 0 Å². The summed E-state index contributed by atoms with van der Waals surface area (Å²) < 4.78 is 5.15. The predicted molar refractivity (Wildman–Crippen MR) is 67.4 cm³/mol. The van der Waals surface area contributed by atoms with Crippen LogP contribution in [0.4, 0.5) is 0 Å². The highest BCUT2D eigenvalue weighted by molar-refractivity contribution is 5.56. The standard InChI is InChI=1S/C13H22N2O/c1-6-12(8-14-9(2)3)7-13-10(4)15-16-11(13)5/h7,9,14H,6,8H2,1-5H3. The quantitative estimate of drug-likeness (QED) is 0.832. The van der Waals surface area contributed by atoms with Crippen molar-refractivity contribution in [3.8, 4) is 0 Å². The lowest BCUT2D eigenvalue weighted by molar-refractivity contribution is 0.393. The van der Waals surface area contributed by atoms with Gasteiger partial charge in [0.2, 0.25) is 0 Å².